The lowest BCUT2D eigenvalue weighted by Gasteiger charge is -2.28. The summed E-state index contributed by atoms with van der Waals surface area (Å²) in [4.78, 5) is 12.1. The van der Waals surface area contributed by atoms with Crippen molar-refractivity contribution >= 4 is 17.2 Å². The van der Waals surface area contributed by atoms with Gasteiger partial charge in [-0.3, -0.25) is 0 Å². The van der Waals surface area contributed by atoms with Crippen LogP contribution in [-0.4, -0.2) is 25.2 Å². The van der Waals surface area contributed by atoms with Gasteiger partial charge in [0.15, 0.2) is 0 Å². The average Bonchev–Trinajstić information content (AvgIpc) is 3.01. The predicted molar refractivity (Wildman–Crippen MR) is 83.7 cm³/mol. The Kier molecular flexibility index (Phi) is 3.24. The number of methoxy groups -OCH3 is 1. The lowest BCUT2D eigenvalue weighted by atomic mass is 9.86. The van der Waals surface area contributed by atoms with Crippen molar-refractivity contribution in [3.63, 3.8) is 0 Å². The molecule has 0 fully saturated rings. The minimum Gasteiger partial charge on any atom is -0.467 e. The maximum atomic E-state index is 12.1. The fourth-order valence-corrected chi connectivity index (χ4v) is 3.15. The zero-order valence-corrected chi connectivity index (χ0v) is 12.6. The normalized spacial score (nSPS) is 28.6. The van der Waals surface area contributed by atoms with Gasteiger partial charge in [0.1, 0.15) is 5.54 Å². The van der Waals surface area contributed by atoms with E-state index in [-0.39, 0.29) is 11.9 Å². The Bertz CT molecular complexity index is 648. The van der Waals surface area contributed by atoms with E-state index in [4.69, 9.17) is 4.74 Å². The number of rotatable bonds is 2. The van der Waals surface area contributed by atoms with E-state index < -0.39 is 5.54 Å². The summed E-state index contributed by atoms with van der Waals surface area (Å²) in [5, 5.41) is 6.63. The van der Waals surface area contributed by atoms with Crippen LogP contribution in [0.25, 0.3) is 5.57 Å². The zero-order valence-electron chi connectivity index (χ0n) is 12.6. The molecule has 2 atom stereocenters. The molecule has 2 aliphatic heterocycles. The molecule has 2 unspecified atom stereocenters. The summed E-state index contributed by atoms with van der Waals surface area (Å²) >= 11 is 0. The van der Waals surface area contributed by atoms with E-state index in [0.717, 1.165) is 17.9 Å². The van der Waals surface area contributed by atoms with Gasteiger partial charge in [-0.1, -0.05) is 30.4 Å². The Morgan fingerprint density at radius 3 is 2.95 bits per heavy atom. The minimum absolute atomic E-state index is 0.0205. The molecule has 110 valence electrons. The monoisotopic (exact) mass is 284 g/mol. The van der Waals surface area contributed by atoms with Crippen LogP contribution in [0.2, 0.25) is 0 Å². The highest BCUT2D eigenvalue weighted by Gasteiger charge is 2.44. The highest BCUT2D eigenvalue weighted by molar-refractivity contribution is 5.87. The number of carbonyl (C=O) groups is 1. The van der Waals surface area contributed by atoms with Crippen LogP contribution < -0.4 is 10.6 Å². The number of carbonyl (C=O) groups excluding carboxylic acids is 1. The number of ether oxygens (including phenoxy) is 1. The van der Waals surface area contributed by atoms with Gasteiger partial charge in [-0.2, -0.15) is 0 Å². The van der Waals surface area contributed by atoms with Crippen molar-refractivity contribution in [3.8, 4) is 0 Å². The van der Waals surface area contributed by atoms with Crippen LogP contribution in [0.5, 0.6) is 0 Å². The molecule has 0 radical (unpaired) electrons. The van der Waals surface area contributed by atoms with E-state index in [1.54, 1.807) is 0 Å². The maximum Gasteiger partial charge on any atom is 0.332 e. The second-order valence-electron chi connectivity index (χ2n) is 5.79. The van der Waals surface area contributed by atoms with Crippen molar-refractivity contribution in [2.75, 3.05) is 19.0 Å². The molecule has 2 aliphatic rings. The first-order valence-electron chi connectivity index (χ1n) is 7.13. The van der Waals surface area contributed by atoms with Crippen LogP contribution in [0.3, 0.4) is 0 Å². The Hall–Kier alpha value is -2.23. The molecule has 0 amide bonds. The second-order valence-corrected chi connectivity index (χ2v) is 5.79. The van der Waals surface area contributed by atoms with Gasteiger partial charge in [-0.05, 0) is 25.5 Å². The lowest BCUT2D eigenvalue weighted by molar-refractivity contribution is -0.148. The quantitative estimate of drug-likeness (QED) is 0.820. The van der Waals surface area contributed by atoms with Crippen molar-refractivity contribution in [1.82, 2.24) is 5.32 Å². The third-order valence-corrected chi connectivity index (χ3v) is 4.29. The topological polar surface area (TPSA) is 50.4 Å². The summed E-state index contributed by atoms with van der Waals surface area (Å²) in [6.45, 7) is 4.66. The zero-order chi connectivity index (χ0) is 15.0. The number of para-hydroxylation sites is 1. The first-order chi connectivity index (χ1) is 10.0. The molecule has 4 heteroatoms. The summed E-state index contributed by atoms with van der Waals surface area (Å²) in [7, 11) is 1.43. The summed E-state index contributed by atoms with van der Waals surface area (Å²) in [6, 6.07) is 8.24. The van der Waals surface area contributed by atoms with Crippen LogP contribution >= 0.6 is 0 Å². The molecule has 2 N–H and O–H groups in total. The van der Waals surface area contributed by atoms with Gasteiger partial charge in [-0.15, -0.1) is 0 Å². The molecule has 0 spiro atoms. The number of benzene rings is 1. The molecule has 2 heterocycles. The molecule has 0 saturated heterocycles. The van der Waals surface area contributed by atoms with E-state index in [2.05, 4.69) is 34.9 Å². The molecular formula is C17H20N2O2. The van der Waals surface area contributed by atoms with Gasteiger partial charge >= 0.3 is 5.97 Å². The lowest BCUT2D eigenvalue weighted by Crippen LogP contribution is -2.50. The molecule has 0 aromatic heterocycles. The van der Waals surface area contributed by atoms with Gasteiger partial charge in [0.2, 0.25) is 0 Å². The molecule has 4 nitrogen and oxygen atoms in total. The third-order valence-electron chi connectivity index (χ3n) is 4.29. The van der Waals surface area contributed by atoms with Crippen molar-refractivity contribution in [1.29, 1.82) is 0 Å². The largest absolute Gasteiger partial charge is 0.467 e. The van der Waals surface area contributed by atoms with Gasteiger partial charge < -0.3 is 15.4 Å². The van der Waals surface area contributed by atoms with Crippen molar-refractivity contribution < 1.29 is 9.53 Å². The van der Waals surface area contributed by atoms with Gasteiger partial charge in [0, 0.05) is 29.4 Å². The average molecular weight is 284 g/mol. The summed E-state index contributed by atoms with van der Waals surface area (Å²) in [5.74, 6) is -0.260. The SMILES string of the molecule is COC(=O)C1(C)NC(C)=CC1/C=C1/CNc2ccccc21. The van der Waals surface area contributed by atoms with Crippen molar-refractivity contribution in [2.45, 2.75) is 19.4 Å². The third kappa shape index (κ3) is 2.20. The number of allylic oxidation sites excluding steroid dienone is 1. The fourth-order valence-electron chi connectivity index (χ4n) is 3.15. The summed E-state index contributed by atoms with van der Waals surface area (Å²) in [5.41, 5.74) is 3.85. The number of hydrogen-bond acceptors (Lipinski definition) is 4. The molecule has 0 saturated carbocycles. The smallest absolute Gasteiger partial charge is 0.332 e. The standard InChI is InChI=1S/C17H20N2O2/c1-11-8-13(17(2,19-11)16(20)21-3)9-12-10-18-15-7-5-4-6-14(12)15/h4-9,13,18-19H,10H2,1-3H3/b12-9-. The van der Waals surface area contributed by atoms with Crippen LogP contribution in [-0.2, 0) is 9.53 Å². The van der Waals surface area contributed by atoms with Gasteiger partial charge in [0.25, 0.3) is 0 Å². The molecule has 0 bridgehead atoms. The number of anilines is 1. The molecule has 0 aliphatic carbocycles. The van der Waals surface area contributed by atoms with Crippen LogP contribution in [0.4, 0.5) is 5.69 Å². The Balaban J connectivity index is 1.97. The fraction of sp³-hybridized carbons (Fsp3) is 0.353. The highest BCUT2D eigenvalue weighted by Crippen LogP contribution is 2.36. The minimum atomic E-state index is -0.733. The van der Waals surface area contributed by atoms with Crippen LogP contribution in [0.15, 0.2) is 42.1 Å². The Labute approximate surface area is 124 Å². The summed E-state index contributed by atoms with van der Waals surface area (Å²) in [6.07, 6.45) is 4.25. The first kappa shape index (κ1) is 13.7. The van der Waals surface area contributed by atoms with E-state index in [1.165, 1.54) is 18.2 Å². The molecule has 1 aromatic carbocycles. The number of hydrogen-bond donors (Lipinski definition) is 2. The highest BCUT2D eigenvalue weighted by atomic mass is 16.5. The maximum absolute atomic E-state index is 12.1. The molecule has 3 rings (SSSR count). The molecular weight excluding hydrogens is 264 g/mol. The number of esters is 1. The predicted octanol–water partition coefficient (Wildman–Crippen LogP) is 2.55. The Morgan fingerprint density at radius 1 is 1.43 bits per heavy atom. The van der Waals surface area contributed by atoms with E-state index in [1.807, 2.05) is 26.0 Å². The van der Waals surface area contributed by atoms with Crippen molar-refractivity contribution in [3.05, 3.63) is 47.7 Å². The molecule has 1 aromatic rings. The number of nitrogens with one attached hydrogen (secondary N) is 2. The van der Waals surface area contributed by atoms with E-state index in [9.17, 15) is 4.79 Å². The van der Waals surface area contributed by atoms with Gasteiger partial charge in [-0.25, -0.2) is 4.79 Å². The van der Waals surface area contributed by atoms with E-state index >= 15 is 0 Å². The second kappa shape index (κ2) is 4.95. The first-order valence-corrected chi connectivity index (χ1v) is 7.13. The van der Waals surface area contributed by atoms with Gasteiger partial charge in [0.05, 0.1) is 7.11 Å². The number of fused-ring (bicyclic) bond motifs is 1. The Morgan fingerprint density at radius 2 is 2.19 bits per heavy atom. The van der Waals surface area contributed by atoms with E-state index in [0.29, 0.717) is 0 Å². The summed E-state index contributed by atoms with van der Waals surface area (Å²) < 4.78 is 4.97. The van der Waals surface area contributed by atoms with Crippen LogP contribution in [0, 0.1) is 5.92 Å². The van der Waals surface area contributed by atoms with Crippen molar-refractivity contribution in [2.24, 2.45) is 5.92 Å². The van der Waals surface area contributed by atoms with Crippen LogP contribution in [0.1, 0.15) is 19.4 Å². The molecule has 21 heavy (non-hydrogen) atoms.